The smallest absolute Gasteiger partial charge is 0.413 e. The standard InChI is InChI=1S/C35H42ClN5O10S2/c1-18-21(15-36)25(29(44)48-16-19-11-13-20(47-10)14-12-19)41-27(43)24(28(41)53-18)38-26(42)23(40-51-35(8,9)30(45)49-33(2,3)4)22-17-52-31(37-22)39-32(46)50-34(5,6)7/h11-14,17,24,28H,1,15-16H2,2-10H3,(H,38,42)(H,37,39,46)/b40-23-/t24-,28-/m1/s1. The summed E-state index contributed by atoms with van der Waals surface area (Å²) in [5, 5.41) is 9.84. The van der Waals surface area contributed by atoms with Crippen molar-refractivity contribution in [3.05, 3.63) is 63.7 Å². The molecule has 286 valence electrons. The molecule has 0 saturated carbocycles. The van der Waals surface area contributed by atoms with Crippen LogP contribution in [0.15, 0.2) is 57.6 Å². The monoisotopic (exact) mass is 791 g/mol. The average molecular weight is 792 g/mol. The lowest BCUT2D eigenvalue weighted by Gasteiger charge is -2.49. The van der Waals surface area contributed by atoms with E-state index < -0.39 is 63.8 Å². The Bertz CT molecular complexity index is 1840. The molecule has 1 aromatic heterocycles. The Labute approximate surface area is 320 Å². The lowest BCUT2D eigenvalue weighted by molar-refractivity contribution is -0.179. The van der Waals surface area contributed by atoms with Gasteiger partial charge in [-0.25, -0.2) is 19.4 Å². The van der Waals surface area contributed by atoms with E-state index in [0.717, 1.165) is 23.1 Å². The Balaban J connectivity index is 1.57. The molecule has 4 rings (SSSR count). The number of halogens is 1. The van der Waals surface area contributed by atoms with E-state index in [4.69, 9.17) is 35.4 Å². The quantitative estimate of drug-likeness (QED) is 0.0690. The number of amides is 3. The van der Waals surface area contributed by atoms with Crippen molar-refractivity contribution < 1.29 is 47.8 Å². The van der Waals surface area contributed by atoms with Gasteiger partial charge in [0.1, 0.15) is 46.4 Å². The van der Waals surface area contributed by atoms with Crippen LogP contribution in [-0.2, 0) is 44.8 Å². The molecule has 0 unspecified atom stereocenters. The SMILES string of the molecule is C=C1S[C@@H]2[C@H](NC(=O)/C(=N\OC(C)(C)C(=O)OC(C)(C)C)c3csc(NC(=O)OC(C)(C)C)n3)C(=O)N2C(C(=O)OCc2ccc(OC)cc2)=C1CCl. The summed E-state index contributed by atoms with van der Waals surface area (Å²) in [6.45, 7) is 16.9. The summed E-state index contributed by atoms with van der Waals surface area (Å²) in [5.74, 6) is -2.57. The van der Waals surface area contributed by atoms with Gasteiger partial charge in [0.2, 0.25) is 5.60 Å². The first-order valence-corrected chi connectivity index (χ1v) is 18.5. The largest absolute Gasteiger partial charge is 0.497 e. The van der Waals surface area contributed by atoms with Gasteiger partial charge in [-0.3, -0.25) is 19.8 Å². The highest BCUT2D eigenvalue weighted by atomic mass is 35.5. The van der Waals surface area contributed by atoms with Crippen LogP contribution < -0.4 is 15.4 Å². The number of carbonyl (C=O) groups is 5. The van der Waals surface area contributed by atoms with Crippen molar-refractivity contribution in [2.24, 2.45) is 5.16 Å². The zero-order valence-electron chi connectivity index (χ0n) is 30.8. The lowest BCUT2D eigenvalue weighted by atomic mass is 10.0. The summed E-state index contributed by atoms with van der Waals surface area (Å²) < 4.78 is 21.4. The van der Waals surface area contributed by atoms with Crippen LogP contribution in [0.5, 0.6) is 5.75 Å². The Hall–Kier alpha value is -4.61. The van der Waals surface area contributed by atoms with Crippen LogP contribution >= 0.6 is 34.7 Å². The number of thioether (sulfide) groups is 1. The number of rotatable bonds is 12. The molecule has 2 aliphatic rings. The van der Waals surface area contributed by atoms with Crippen LogP contribution in [0.1, 0.15) is 66.6 Å². The second-order valence-electron chi connectivity index (χ2n) is 14.2. The highest BCUT2D eigenvalue weighted by Crippen LogP contribution is 2.46. The number of nitrogens with one attached hydrogen (secondary N) is 2. The average Bonchev–Trinajstić information content (AvgIpc) is 3.51. The van der Waals surface area contributed by atoms with Crippen molar-refractivity contribution in [1.29, 1.82) is 0 Å². The number of thiazole rings is 1. The van der Waals surface area contributed by atoms with E-state index in [-0.39, 0.29) is 29.0 Å². The molecule has 53 heavy (non-hydrogen) atoms. The third-order valence-corrected chi connectivity index (χ3v) is 9.42. The van der Waals surface area contributed by atoms with E-state index in [1.165, 1.54) is 31.2 Å². The minimum atomic E-state index is -1.66. The zero-order chi connectivity index (χ0) is 39.5. The number of allylic oxidation sites excluding steroid dienone is 1. The molecule has 3 heterocycles. The fourth-order valence-electron chi connectivity index (χ4n) is 4.59. The number of alkyl halides is 1. The first-order valence-electron chi connectivity index (χ1n) is 16.2. The molecule has 1 saturated heterocycles. The molecule has 2 aromatic rings. The molecular formula is C35H42ClN5O10S2. The summed E-state index contributed by atoms with van der Waals surface area (Å²) in [7, 11) is 1.54. The van der Waals surface area contributed by atoms with Crippen molar-refractivity contribution >= 4 is 75.4 Å². The summed E-state index contributed by atoms with van der Waals surface area (Å²) in [5.41, 5.74) is -2.82. The van der Waals surface area contributed by atoms with Gasteiger partial charge < -0.3 is 29.1 Å². The molecule has 2 N–H and O–H groups in total. The van der Waals surface area contributed by atoms with Crippen molar-refractivity contribution in [2.45, 2.75) is 90.2 Å². The second kappa shape index (κ2) is 16.2. The lowest BCUT2D eigenvalue weighted by Crippen LogP contribution is -2.71. The van der Waals surface area contributed by atoms with Crippen LogP contribution in [-0.4, -0.2) is 86.7 Å². The van der Waals surface area contributed by atoms with Crippen molar-refractivity contribution in [1.82, 2.24) is 15.2 Å². The predicted octanol–water partition coefficient (Wildman–Crippen LogP) is 5.49. The maximum atomic E-state index is 13.9. The van der Waals surface area contributed by atoms with Gasteiger partial charge in [0.05, 0.1) is 13.0 Å². The van der Waals surface area contributed by atoms with Gasteiger partial charge in [-0.2, -0.15) is 0 Å². The Morgan fingerprint density at radius 3 is 2.25 bits per heavy atom. The summed E-state index contributed by atoms with van der Waals surface area (Å²) in [6, 6.07) is 5.75. The number of aromatic nitrogens is 1. The van der Waals surface area contributed by atoms with Gasteiger partial charge >= 0.3 is 18.0 Å². The highest BCUT2D eigenvalue weighted by molar-refractivity contribution is 8.04. The van der Waals surface area contributed by atoms with Gasteiger partial charge in [-0.15, -0.1) is 22.9 Å². The maximum absolute atomic E-state index is 13.9. The number of esters is 2. The molecule has 15 nitrogen and oxygen atoms in total. The number of oxime groups is 1. The van der Waals surface area contributed by atoms with Crippen molar-refractivity contribution in [3.8, 4) is 5.75 Å². The normalized spacial score (nSPS) is 17.7. The molecule has 0 bridgehead atoms. The van der Waals surface area contributed by atoms with Gasteiger partial charge in [0.15, 0.2) is 10.8 Å². The number of nitrogens with zero attached hydrogens (tertiary/aromatic N) is 3. The number of benzene rings is 1. The molecule has 2 atom stereocenters. The molecule has 0 aliphatic carbocycles. The van der Waals surface area contributed by atoms with Gasteiger partial charge in [0.25, 0.3) is 11.8 Å². The maximum Gasteiger partial charge on any atom is 0.413 e. The van der Waals surface area contributed by atoms with E-state index in [9.17, 15) is 24.0 Å². The molecular weight excluding hydrogens is 750 g/mol. The zero-order valence-corrected chi connectivity index (χ0v) is 33.2. The molecule has 0 radical (unpaired) electrons. The minimum Gasteiger partial charge on any atom is -0.497 e. The number of β-lactam (4-membered cyclic amide) rings is 1. The third-order valence-electron chi connectivity index (χ3n) is 7.14. The fraction of sp³-hybridized carbons (Fsp3) is 0.457. The molecule has 18 heteroatoms. The summed E-state index contributed by atoms with van der Waals surface area (Å²) >= 11 is 8.31. The molecule has 3 amide bonds. The Kier molecular flexibility index (Phi) is 12.6. The van der Waals surface area contributed by atoms with Crippen LogP contribution in [0.3, 0.4) is 0 Å². The number of anilines is 1. The van der Waals surface area contributed by atoms with E-state index in [1.54, 1.807) is 65.8 Å². The number of ether oxygens (including phenoxy) is 4. The summed E-state index contributed by atoms with van der Waals surface area (Å²) in [4.78, 5) is 77.7. The van der Waals surface area contributed by atoms with Crippen LogP contribution in [0, 0.1) is 0 Å². The van der Waals surface area contributed by atoms with E-state index in [1.807, 2.05) is 0 Å². The number of hydrogen-bond acceptors (Lipinski definition) is 14. The van der Waals surface area contributed by atoms with Crippen LogP contribution in [0.4, 0.5) is 9.93 Å². The van der Waals surface area contributed by atoms with Crippen LogP contribution in [0.2, 0.25) is 0 Å². The van der Waals surface area contributed by atoms with Gasteiger partial charge in [-0.1, -0.05) is 35.6 Å². The first kappa shape index (κ1) is 41.2. The topological polar surface area (TPSA) is 184 Å². The molecule has 1 aromatic carbocycles. The minimum absolute atomic E-state index is 0.0463. The predicted molar refractivity (Wildman–Crippen MR) is 199 cm³/mol. The number of hydrogen-bond donors (Lipinski definition) is 2. The second-order valence-corrected chi connectivity index (χ2v) is 16.5. The van der Waals surface area contributed by atoms with Gasteiger partial charge in [-0.05, 0) is 73.1 Å². The fourth-order valence-corrected chi connectivity index (χ4v) is 6.88. The summed E-state index contributed by atoms with van der Waals surface area (Å²) in [6.07, 6.45) is -0.777. The van der Waals surface area contributed by atoms with E-state index in [2.05, 4.69) is 27.4 Å². The molecule has 2 aliphatic heterocycles. The Morgan fingerprint density at radius 2 is 1.66 bits per heavy atom. The number of carbonyl (C=O) groups excluding carboxylic acids is 5. The van der Waals surface area contributed by atoms with Crippen molar-refractivity contribution in [2.75, 3.05) is 18.3 Å². The molecule has 0 spiro atoms. The van der Waals surface area contributed by atoms with Gasteiger partial charge in [0, 0.05) is 15.9 Å². The number of methoxy groups -OCH3 is 1. The Morgan fingerprint density at radius 1 is 1.02 bits per heavy atom. The van der Waals surface area contributed by atoms with Crippen LogP contribution in [0.25, 0.3) is 0 Å². The highest BCUT2D eigenvalue weighted by Gasteiger charge is 2.55. The molecule has 1 fully saturated rings. The number of fused-ring (bicyclic) bond motifs is 1. The third kappa shape index (κ3) is 10.3. The first-order chi connectivity index (χ1) is 24.6. The van der Waals surface area contributed by atoms with Crippen molar-refractivity contribution in [3.63, 3.8) is 0 Å². The van der Waals surface area contributed by atoms with E-state index >= 15 is 0 Å². The van der Waals surface area contributed by atoms with E-state index in [0.29, 0.717) is 21.8 Å².